The summed E-state index contributed by atoms with van der Waals surface area (Å²) in [5, 5.41) is 3.17. The molecule has 98 valence electrons. The van der Waals surface area contributed by atoms with Crippen LogP contribution in [0.3, 0.4) is 0 Å². The van der Waals surface area contributed by atoms with Crippen LogP contribution in [0.4, 0.5) is 4.79 Å². The molecule has 0 bridgehead atoms. The van der Waals surface area contributed by atoms with Gasteiger partial charge in [-0.05, 0) is 53.1 Å². The predicted molar refractivity (Wildman–Crippen MR) is 64.5 cm³/mol. The Morgan fingerprint density at radius 2 is 2.12 bits per heavy atom. The van der Waals surface area contributed by atoms with E-state index in [0.717, 1.165) is 26.1 Å². The third kappa shape index (κ3) is 6.69. The maximum atomic E-state index is 11.8. The van der Waals surface area contributed by atoms with E-state index in [1.54, 1.807) is 0 Å². The Labute approximate surface area is 128 Å². The minimum absolute atomic E-state index is 0. The standard InChI is InChI=1S/C12H24N2O2.U/c1-12(2,3)16-11(15)14-7-5-6-10(9-14)8-13-4;/h10,13H,5-9H2,1-4H3;. The second-order valence-corrected chi connectivity index (χ2v) is 5.49. The van der Waals surface area contributed by atoms with Crippen molar-refractivity contribution in [1.82, 2.24) is 10.2 Å². The van der Waals surface area contributed by atoms with Gasteiger partial charge in [0.2, 0.25) is 0 Å². The van der Waals surface area contributed by atoms with Crippen molar-refractivity contribution in [3.63, 3.8) is 0 Å². The quantitative estimate of drug-likeness (QED) is 0.676. The average molecular weight is 466 g/mol. The number of rotatable bonds is 2. The van der Waals surface area contributed by atoms with Crippen molar-refractivity contribution in [2.24, 2.45) is 5.92 Å². The molecule has 4 nitrogen and oxygen atoms in total. The molecule has 0 saturated carbocycles. The monoisotopic (exact) mass is 466 g/mol. The van der Waals surface area contributed by atoms with Crippen molar-refractivity contribution in [3.8, 4) is 0 Å². The smallest absolute Gasteiger partial charge is 0.410 e. The minimum atomic E-state index is -0.396. The SMILES string of the molecule is CNCC1CCCN(C(=O)OC(C)(C)C)C1.[U]. The van der Waals surface area contributed by atoms with Crippen molar-refractivity contribution in [1.29, 1.82) is 0 Å². The van der Waals surface area contributed by atoms with Crippen LogP contribution in [-0.2, 0) is 4.74 Å². The van der Waals surface area contributed by atoms with Crippen molar-refractivity contribution < 1.29 is 40.6 Å². The largest absolute Gasteiger partial charge is 0.444 e. The fourth-order valence-corrected chi connectivity index (χ4v) is 2.01. The Bertz CT molecular complexity index is 239. The molecule has 1 rings (SSSR count). The number of nitrogens with one attached hydrogen (secondary N) is 1. The van der Waals surface area contributed by atoms with E-state index >= 15 is 0 Å². The van der Waals surface area contributed by atoms with Crippen LogP contribution in [0.15, 0.2) is 0 Å². The van der Waals surface area contributed by atoms with E-state index < -0.39 is 5.60 Å². The Kier molecular flexibility index (Phi) is 7.79. The van der Waals surface area contributed by atoms with Crippen LogP contribution >= 0.6 is 0 Å². The first kappa shape index (κ1) is 17.3. The van der Waals surface area contributed by atoms with Gasteiger partial charge in [-0.1, -0.05) is 0 Å². The Balaban J connectivity index is 0.00000256. The van der Waals surface area contributed by atoms with Gasteiger partial charge in [0.25, 0.3) is 0 Å². The zero-order valence-electron chi connectivity index (χ0n) is 11.4. The molecule has 1 atom stereocenters. The molecule has 0 aliphatic carbocycles. The number of ether oxygens (including phenoxy) is 1. The molecule has 1 amide bonds. The third-order valence-electron chi connectivity index (χ3n) is 2.66. The molecular weight excluding hydrogens is 442 g/mol. The van der Waals surface area contributed by atoms with Crippen LogP contribution in [0, 0.1) is 37.0 Å². The van der Waals surface area contributed by atoms with Gasteiger partial charge < -0.3 is 15.0 Å². The number of likely N-dealkylation sites (tertiary alicyclic amines) is 1. The molecule has 1 fully saturated rings. The molecule has 0 aromatic carbocycles. The average Bonchev–Trinajstić information content (AvgIpc) is 2.16. The van der Waals surface area contributed by atoms with E-state index in [2.05, 4.69) is 5.32 Å². The second kappa shape index (κ2) is 7.66. The molecule has 5 heteroatoms. The van der Waals surface area contributed by atoms with Gasteiger partial charge in [-0.3, -0.25) is 0 Å². The molecular formula is C12H24N2O2U. The summed E-state index contributed by atoms with van der Waals surface area (Å²) in [6, 6.07) is 0. The van der Waals surface area contributed by atoms with Crippen LogP contribution in [0.25, 0.3) is 0 Å². The van der Waals surface area contributed by atoms with Gasteiger partial charge in [0.1, 0.15) is 5.60 Å². The zero-order valence-corrected chi connectivity index (χ0v) is 15.5. The number of carbonyl (C=O) groups is 1. The van der Waals surface area contributed by atoms with Gasteiger partial charge in [0.05, 0.1) is 0 Å². The molecule has 1 aliphatic heterocycles. The van der Waals surface area contributed by atoms with Crippen LogP contribution in [0.2, 0.25) is 0 Å². The Morgan fingerprint density at radius 3 is 2.65 bits per heavy atom. The summed E-state index contributed by atoms with van der Waals surface area (Å²) in [5.41, 5.74) is -0.396. The first-order valence-corrected chi connectivity index (χ1v) is 6.05. The summed E-state index contributed by atoms with van der Waals surface area (Å²) in [5.74, 6) is 0.561. The molecule has 1 unspecified atom stereocenters. The Hall–Kier alpha value is 0.282. The summed E-state index contributed by atoms with van der Waals surface area (Å²) in [4.78, 5) is 13.7. The molecule has 1 N–H and O–H groups in total. The van der Waals surface area contributed by atoms with Gasteiger partial charge in [-0.2, -0.15) is 0 Å². The Morgan fingerprint density at radius 1 is 1.47 bits per heavy atom. The molecule has 17 heavy (non-hydrogen) atoms. The van der Waals surface area contributed by atoms with Crippen LogP contribution in [0.1, 0.15) is 33.6 Å². The fourth-order valence-electron chi connectivity index (χ4n) is 2.01. The van der Waals surface area contributed by atoms with Crippen LogP contribution in [0.5, 0.6) is 0 Å². The summed E-state index contributed by atoms with van der Waals surface area (Å²) < 4.78 is 5.37. The van der Waals surface area contributed by atoms with E-state index in [4.69, 9.17) is 4.74 Å². The number of hydrogen-bond donors (Lipinski definition) is 1. The first-order chi connectivity index (χ1) is 7.42. The van der Waals surface area contributed by atoms with Crippen molar-refractivity contribution in [3.05, 3.63) is 0 Å². The predicted octanol–water partition coefficient (Wildman–Crippen LogP) is 1.85. The summed E-state index contributed by atoms with van der Waals surface area (Å²) in [6.45, 7) is 8.32. The zero-order chi connectivity index (χ0) is 12.2. The summed E-state index contributed by atoms with van der Waals surface area (Å²) in [7, 11) is 1.95. The second-order valence-electron chi connectivity index (χ2n) is 5.49. The summed E-state index contributed by atoms with van der Waals surface area (Å²) >= 11 is 0. The van der Waals surface area contributed by atoms with Crippen molar-refractivity contribution in [2.75, 3.05) is 26.7 Å². The molecule has 1 heterocycles. The molecule has 0 radical (unpaired) electrons. The number of carbonyl (C=O) groups excluding carboxylic acids is 1. The van der Waals surface area contributed by atoms with Gasteiger partial charge >= 0.3 is 6.09 Å². The van der Waals surface area contributed by atoms with Crippen molar-refractivity contribution in [2.45, 2.75) is 39.2 Å². The van der Waals surface area contributed by atoms with E-state index in [-0.39, 0.29) is 37.2 Å². The van der Waals surface area contributed by atoms with E-state index in [1.807, 2.05) is 32.7 Å². The van der Waals surface area contributed by atoms with E-state index in [0.29, 0.717) is 5.92 Å². The van der Waals surface area contributed by atoms with E-state index in [9.17, 15) is 4.79 Å². The van der Waals surface area contributed by atoms with Gasteiger partial charge in [-0.25, -0.2) is 4.79 Å². The maximum absolute atomic E-state index is 11.8. The van der Waals surface area contributed by atoms with Gasteiger partial charge in [0.15, 0.2) is 0 Å². The molecule has 0 aromatic heterocycles. The first-order valence-electron chi connectivity index (χ1n) is 6.05. The van der Waals surface area contributed by atoms with Gasteiger partial charge in [-0.15, -0.1) is 0 Å². The topological polar surface area (TPSA) is 41.6 Å². The molecule has 1 saturated heterocycles. The molecule has 0 spiro atoms. The maximum Gasteiger partial charge on any atom is 0.410 e. The van der Waals surface area contributed by atoms with Crippen LogP contribution < -0.4 is 5.32 Å². The minimum Gasteiger partial charge on any atom is -0.444 e. The number of amides is 1. The summed E-state index contributed by atoms with van der Waals surface area (Å²) in [6.07, 6.45) is 2.10. The molecule has 1 aliphatic rings. The number of piperidine rings is 1. The van der Waals surface area contributed by atoms with Crippen LogP contribution in [-0.4, -0.2) is 43.3 Å². The van der Waals surface area contributed by atoms with Gasteiger partial charge in [0, 0.05) is 44.2 Å². The van der Waals surface area contributed by atoms with Crippen molar-refractivity contribution >= 4 is 6.09 Å². The number of hydrogen-bond acceptors (Lipinski definition) is 3. The van der Waals surface area contributed by atoms with E-state index in [1.165, 1.54) is 6.42 Å². The molecule has 0 aromatic rings. The third-order valence-corrected chi connectivity index (χ3v) is 2.66. The fraction of sp³-hybridized carbons (Fsp3) is 0.917. The number of nitrogens with zero attached hydrogens (tertiary/aromatic N) is 1. The normalized spacial score (nSPS) is 20.7.